The molecule has 4 atom stereocenters. The molecule has 4 aliphatic carbocycles. The second-order valence-corrected chi connectivity index (χ2v) is 8.10. The van der Waals surface area contributed by atoms with Crippen LogP contribution in [0.3, 0.4) is 0 Å². The van der Waals surface area contributed by atoms with Crippen LogP contribution in [-0.4, -0.2) is 16.6 Å². The molecule has 4 nitrogen and oxygen atoms in total. The first-order valence-electron chi connectivity index (χ1n) is 8.50. The third kappa shape index (κ3) is 2.74. The van der Waals surface area contributed by atoms with Crippen molar-refractivity contribution in [2.24, 2.45) is 17.3 Å². The van der Waals surface area contributed by atoms with Gasteiger partial charge < -0.3 is 10.4 Å². The van der Waals surface area contributed by atoms with Crippen LogP contribution in [0.25, 0.3) is 0 Å². The fourth-order valence-corrected chi connectivity index (χ4v) is 5.82. The van der Waals surface area contributed by atoms with Crippen LogP contribution in [0.4, 0.5) is 5.69 Å². The molecule has 0 spiro atoms. The van der Waals surface area contributed by atoms with Crippen LogP contribution < -0.4 is 5.32 Å². The van der Waals surface area contributed by atoms with Gasteiger partial charge in [0.1, 0.15) is 0 Å². The Labute approximate surface area is 136 Å². The van der Waals surface area contributed by atoms with E-state index in [9.17, 15) is 9.90 Å². The van der Waals surface area contributed by atoms with Crippen LogP contribution in [0.5, 0.6) is 0 Å². The van der Waals surface area contributed by atoms with E-state index in [0.29, 0.717) is 29.5 Å². The third-order valence-corrected chi connectivity index (χ3v) is 5.96. The molecule has 1 amide bonds. The number of amides is 1. The van der Waals surface area contributed by atoms with Crippen molar-refractivity contribution in [1.82, 2.24) is 0 Å². The zero-order valence-corrected chi connectivity index (χ0v) is 13.2. The minimum Gasteiger partial charge on any atom is -0.390 e. The zero-order valence-electron chi connectivity index (χ0n) is 13.2. The number of nitrogens with zero attached hydrogens (tertiary/aromatic N) is 1. The highest BCUT2D eigenvalue weighted by Crippen LogP contribution is 2.62. The maximum absolute atomic E-state index is 12.5. The molecule has 0 radical (unpaired) electrons. The highest BCUT2D eigenvalue weighted by molar-refractivity contribution is 5.91. The molecule has 0 aromatic heterocycles. The lowest BCUT2D eigenvalue weighted by Gasteiger charge is -2.60. The number of carbonyl (C=O) groups excluding carboxylic acids is 1. The Morgan fingerprint density at radius 1 is 1.30 bits per heavy atom. The molecule has 4 aliphatic rings. The Bertz CT molecular complexity index is 677. The van der Waals surface area contributed by atoms with Crippen molar-refractivity contribution in [3.8, 4) is 6.07 Å². The highest BCUT2D eigenvalue weighted by atomic mass is 16.3. The second-order valence-electron chi connectivity index (χ2n) is 8.10. The topological polar surface area (TPSA) is 73.1 Å². The minimum absolute atomic E-state index is 0.00522. The van der Waals surface area contributed by atoms with Crippen molar-refractivity contribution in [3.63, 3.8) is 0 Å². The predicted octanol–water partition coefficient (Wildman–Crippen LogP) is 3.22. The number of benzene rings is 1. The van der Waals surface area contributed by atoms with Crippen LogP contribution in [0.2, 0.25) is 0 Å². The molecule has 120 valence electrons. The number of anilines is 1. The molecule has 4 fully saturated rings. The zero-order chi connectivity index (χ0) is 16.1. The summed E-state index contributed by atoms with van der Waals surface area (Å²) in [6.45, 7) is 0. The van der Waals surface area contributed by atoms with E-state index >= 15 is 0 Å². The van der Waals surface area contributed by atoms with Crippen LogP contribution in [0.15, 0.2) is 24.3 Å². The number of carbonyl (C=O) groups is 1. The van der Waals surface area contributed by atoms with Crippen LogP contribution in [0, 0.1) is 28.6 Å². The van der Waals surface area contributed by atoms with E-state index in [4.69, 9.17) is 5.26 Å². The van der Waals surface area contributed by atoms with Gasteiger partial charge in [0, 0.05) is 12.1 Å². The highest BCUT2D eigenvalue weighted by Gasteiger charge is 2.57. The molecule has 4 saturated carbocycles. The van der Waals surface area contributed by atoms with Gasteiger partial charge in [-0.3, -0.25) is 4.79 Å². The molecule has 5 rings (SSSR count). The average Bonchev–Trinajstić information content (AvgIpc) is 2.43. The molecular formula is C19H22N2O2. The lowest BCUT2D eigenvalue weighted by Crippen LogP contribution is -2.56. The van der Waals surface area contributed by atoms with Crippen LogP contribution >= 0.6 is 0 Å². The summed E-state index contributed by atoms with van der Waals surface area (Å²) in [5.74, 6) is 1.19. The Kier molecular flexibility index (Phi) is 3.24. The molecule has 0 saturated heterocycles. The molecule has 0 aliphatic heterocycles. The lowest BCUT2D eigenvalue weighted by molar-refractivity contribution is -0.167. The predicted molar refractivity (Wildman–Crippen MR) is 86.5 cm³/mol. The van der Waals surface area contributed by atoms with Gasteiger partial charge in [-0.1, -0.05) is 6.07 Å². The Balaban J connectivity index is 1.47. The number of aliphatic hydroxyl groups is 1. The Morgan fingerprint density at radius 3 is 2.70 bits per heavy atom. The average molecular weight is 310 g/mol. The van der Waals surface area contributed by atoms with Crippen molar-refractivity contribution >= 4 is 11.6 Å². The summed E-state index contributed by atoms with van der Waals surface area (Å²) >= 11 is 0. The normalized spacial score (nSPS) is 37.4. The maximum atomic E-state index is 12.5. The van der Waals surface area contributed by atoms with Gasteiger partial charge in [0.15, 0.2) is 0 Å². The van der Waals surface area contributed by atoms with Gasteiger partial charge in [0.25, 0.3) is 0 Å². The molecular weight excluding hydrogens is 288 g/mol. The van der Waals surface area contributed by atoms with Crippen LogP contribution in [-0.2, 0) is 4.79 Å². The van der Waals surface area contributed by atoms with E-state index in [0.717, 1.165) is 32.1 Å². The minimum atomic E-state index is -0.523. The van der Waals surface area contributed by atoms with Gasteiger partial charge in [0.05, 0.1) is 17.2 Å². The maximum Gasteiger partial charge on any atom is 0.224 e. The molecule has 2 unspecified atom stereocenters. The summed E-state index contributed by atoms with van der Waals surface area (Å²) in [5.41, 5.74) is 0.685. The summed E-state index contributed by atoms with van der Waals surface area (Å²) in [6.07, 6.45) is 6.51. The van der Waals surface area contributed by atoms with Crippen molar-refractivity contribution in [2.75, 3.05) is 5.32 Å². The monoisotopic (exact) mass is 310 g/mol. The Morgan fingerprint density at radius 2 is 2.04 bits per heavy atom. The van der Waals surface area contributed by atoms with E-state index < -0.39 is 5.60 Å². The molecule has 4 bridgehead atoms. The summed E-state index contributed by atoms with van der Waals surface area (Å²) in [5, 5.41) is 22.6. The number of nitriles is 1. The second kappa shape index (κ2) is 5.07. The first-order chi connectivity index (χ1) is 11.0. The number of hydrogen-bond donors (Lipinski definition) is 2. The molecule has 1 aromatic carbocycles. The quantitative estimate of drug-likeness (QED) is 0.900. The Hall–Kier alpha value is -1.86. The number of hydrogen-bond acceptors (Lipinski definition) is 3. The summed E-state index contributed by atoms with van der Waals surface area (Å²) in [7, 11) is 0. The molecule has 23 heavy (non-hydrogen) atoms. The van der Waals surface area contributed by atoms with Gasteiger partial charge in [-0.25, -0.2) is 0 Å². The van der Waals surface area contributed by atoms with E-state index in [2.05, 4.69) is 11.4 Å². The number of nitrogens with one attached hydrogen (secondary N) is 1. The molecule has 1 aromatic rings. The van der Waals surface area contributed by atoms with E-state index in [-0.39, 0.29) is 11.3 Å². The van der Waals surface area contributed by atoms with Gasteiger partial charge in [-0.15, -0.1) is 0 Å². The van der Waals surface area contributed by atoms with Crippen molar-refractivity contribution in [1.29, 1.82) is 5.26 Å². The fourth-order valence-electron chi connectivity index (χ4n) is 5.82. The molecule has 2 N–H and O–H groups in total. The van der Waals surface area contributed by atoms with E-state index in [1.807, 2.05) is 6.07 Å². The van der Waals surface area contributed by atoms with Crippen molar-refractivity contribution in [3.05, 3.63) is 29.8 Å². The summed E-state index contributed by atoms with van der Waals surface area (Å²) in [4.78, 5) is 12.5. The van der Waals surface area contributed by atoms with E-state index in [1.54, 1.807) is 18.2 Å². The summed E-state index contributed by atoms with van der Waals surface area (Å²) in [6, 6.07) is 9.10. The van der Waals surface area contributed by atoms with Crippen LogP contribution in [0.1, 0.15) is 50.5 Å². The fraction of sp³-hybridized carbons (Fsp3) is 0.579. The van der Waals surface area contributed by atoms with Crippen molar-refractivity contribution < 1.29 is 9.90 Å². The van der Waals surface area contributed by atoms with Gasteiger partial charge in [-0.2, -0.15) is 5.26 Å². The first kappa shape index (κ1) is 14.7. The van der Waals surface area contributed by atoms with Crippen molar-refractivity contribution in [2.45, 2.75) is 50.5 Å². The van der Waals surface area contributed by atoms with E-state index in [1.165, 1.54) is 6.42 Å². The largest absolute Gasteiger partial charge is 0.390 e. The third-order valence-electron chi connectivity index (χ3n) is 5.96. The first-order valence-corrected chi connectivity index (χ1v) is 8.50. The SMILES string of the molecule is N#Cc1cccc(NC(=O)CC23C[C@@H]4C[C@@H](CC(O)(C4)C2)C3)c1. The molecule has 0 heterocycles. The van der Waals surface area contributed by atoms with Gasteiger partial charge in [-0.05, 0) is 74.0 Å². The summed E-state index contributed by atoms with van der Waals surface area (Å²) < 4.78 is 0. The van der Waals surface area contributed by atoms with Gasteiger partial charge in [0.2, 0.25) is 5.91 Å². The standard InChI is InChI=1S/C19H22N2O2/c20-11-13-2-1-3-16(5-13)21-17(22)10-18-6-14-4-15(7-18)9-19(23,8-14)12-18/h1-3,5,14-15,23H,4,6-10,12H2,(H,21,22)/t14-,15+,18?,19?. The van der Waals surface area contributed by atoms with Gasteiger partial charge >= 0.3 is 0 Å². The number of rotatable bonds is 3. The smallest absolute Gasteiger partial charge is 0.224 e. The molecule has 4 heteroatoms. The lowest BCUT2D eigenvalue weighted by atomic mass is 9.47.